The van der Waals surface area contributed by atoms with Crippen LogP contribution in [0.25, 0.3) is 0 Å². The highest BCUT2D eigenvalue weighted by Crippen LogP contribution is 2.11. The van der Waals surface area contributed by atoms with Crippen LogP contribution in [0.15, 0.2) is 0 Å². The summed E-state index contributed by atoms with van der Waals surface area (Å²) in [6, 6.07) is 0. The first kappa shape index (κ1) is 20.9. The van der Waals surface area contributed by atoms with Gasteiger partial charge in [0, 0.05) is 13.5 Å². The highest BCUT2D eigenvalue weighted by molar-refractivity contribution is 5.81. The van der Waals surface area contributed by atoms with Crippen molar-refractivity contribution in [3.63, 3.8) is 0 Å². The van der Waals surface area contributed by atoms with E-state index in [2.05, 4.69) is 6.92 Å². The molecule has 0 saturated heterocycles. The first-order chi connectivity index (χ1) is 10.6. The molecule has 0 atom stereocenters. The van der Waals surface area contributed by atoms with E-state index in [-0.39, 0.29) is 25.7 Å². The Labute approximate surface area is 135 Å². The molecule has 0 aliphatic heterocycles. The minimum atomic E-state index is -0.475. The zero-order valence-electron chi connectivity index (χ0n) is 14.3. The summed E-state index contributed by atoms with van der Waals surface area (Å²) < 4.78 is 4.73. The fourth-order valence-corrected chi connectivity index (χ4v) is 2.26. The zero-order valence-corrected chi connectivity index (χ0v) is 14.3. The maximum absolute atomic E-state index is 11.8. The molecule has 0 unspecified atom stereocenters. The topological polar surface area (TPSA) is 66.8 Å². The van der Waals surface area contributed by atoms with E-state index in [9.17, 15) is 9.59 Å². The molecule has 130 valence electrons. The monoisotopic (exact) mass is 315 g/mol. The van der Waals surface area contributed by atoms with Gasteiger partial charge in [0.1, 0.15) is 13.2 Å². The number of amides is 1. The summed E-state index contributed by atoms with van der Waals surface area (Å²) >= 11 is 0. The van der Waals surface area contributed by atoms with Crippen LogP contribution in [0.4, 0.5) is 0 Å². The summed E-state index contributed by atoms with van der Waals surface area (Å²) in [5, 5.41) is 8.55. The van der Waals surface area contributed by atoms with Gasteiger partial charge in [-0.05, 0) is 6.42 Å². The van der Waals surface area contributed by atoms with Crippen molar-refractivity contribution in [3.05, 3.63) is 0 Å². The first-order valence-electron chi connectivity index (χ1n) is 8.62. The summed E-state index contributed by atoms with van der Waals surface area (Å²) in [5.41, 5.74) is 0. The van der Waals surface area contributed by atoms with Crippen molar-refractivity contribution in [2.75, 3.05) is 26.8 Å². The van der Waals surface area contributed by atoms with E-state index < -0.39 is 5.97 Å². The molecule has 1 amide bonds. The van der Waals surface area contributed by atoms with Crippen molar-refractivity contribution in [2.24, 2.45) is 0 Å². The third-order valence-electron chi connectivity index (χ3n) is 3.64. The van der Waals surface area contributed by atoms with Crippen molar-refractivity contribution < 1.29 is 19.4 Å². The van der Waals surface area contributed by atoms with Crippen LogP contribution in [0.2, 0.25) is 0 Å². The molecule has 1 N–H and O–H groups in total. The minimum Gasteiger partial charge on any atom is -0.462 e. The number of rotatable bonds is 14. The third-order valence-corrected chi connectivity index (χ3v) is 3.64. The highest BCUT2D eigenvalue weighted by atomic mass is 16.5. The molecule has 5 nitrogen and oxygen atoms in total. The Morgan fingerprint density at radius 1 is 0.955 bits per heavy atom. The van der Waals surface area contributed by atoms with Crippen LogP contribution in [-0.4, -0.2) is 48.7 Å². The van der Waals surface area contributed by atoms with E-state index in [0.717, 1.165) is 12.8 Å². The van der Waals surface area contributed by atoms with Crippen LogP contribution in [0, 0.1) is 0 Å². The predicted molar refractivity (Wildman–Crippen MR) is 87.5 cm³/mol. The molecule has 0 aliphatic carbocycles. The average molecular weight is 315 g/mol. The molecule has 0 radical (unpaired) electrons. The van der Waals surface area contributed by atoms with Gasteiger partial charge in [-0.15, -0.1) is 0 Å². The van der Waals surface area contributed by atoms with Crippen molar-refractivity contribution >= 4 is 11.9 Å². The second-order valence-corrected chi connectivity index (χ2v) is 5.77. The van der Waals surface area contributed by atoms with Gasteiger partial charge in [-0.1, -0.05) is 58.3 Å². The molecule has 5 heteroatoms. The van der Waals surface area contributed by atoms with E-state index in [1.807, 2.05) is 0 Å². The lowest BCUT2D eigenvalue weighted by Crippen LogP contribution is -2.33. The number of likely N-dealkylation sites (N-methyl/N-ethyl adjacent to an activating group) is 1. The minimum absolute atomic E-state index is 0.0148. The normalized spacial score (nSPS) is 10.5. The Balaban J connectivity index is 3.49. The van der Waals surface area contributed by atoms with E-state index >= 15 is 0 Å². The van der Waals surface area contributed by atoms with Gasteiger partial charge >= 0.3 is 5.97 Å². The van der Waals surface area contributed by atoms with Gasteiger partial charge in [0.15, 0.2) is 0 Å². The van der Waals surface area contributed by atoms with Crippen molar-refractivity contribution in [3.8, 4) is 0 Å². The Hall–Kier alpha value is -1.10. The lowest BCUT2D eigenvalue weighted by molar-refractivity contribution is -0.149. The molecule has 0 aromatic rings. The van der Waals surface area contributed by atoms with Crippen molar-refractivity contribution in [2.45, 2.75) is 71.1 Å². The molecule has 0 rings (SSSR count). The van der Waals surface area contributed by atoms with Gasteiger partial charge in [0.25, 0.3) is 0 Å². The second kappa shape index (κ2) is 14.8. The summed E-state index contributed by atoms with van der Waals surface area (Å²) in [6.45, 7) is 1.97. The maximum atomic E-state index is 11.8. The van der Waals surface area contributed by atoms with Gasteiger partial charge in [0.2, 0.25) is 5.91 Å². The first-order valence-corrected chi connectivity index (χ1v) is 8.62. The lowest BCUT2D eigenvalue weighted by Gasteiger charge is -2.16. The number of esters is 1. The maximum Gasteiger partial charge on any atom is 0.325 e. The number of ether oxygens (including phenoxy) is 1. The number of aliphatic hydroxyl groups excluding tert-OH is 1. The quantitative estimate of drug-likeness (QED) is 0.395. The van der Waals surface area contributed by atoms with E-state index in [0.29, 0.717) is 6.42 Å². The number of carbonyl (C=O) groups excluding carboxylic acids is 2. The number of hydrogen-bond donors (Lipinski definition) is 1. The molecular weight excluding hydrogens is 282 g/mol. The molecular formula is C17H33NO4. The standard InChI is InChI=1S/C17H33NO4/c1-3-4-5-6-7-8-9-10-11-12-16(20)18(2)15-17(21)22-14-13-19/h19H,3-15H2,1-2H3. The molecule has 0 aliphatic rings. The van der Waals surface area contributed by atoms with Crippen LogP contribution < -0.4 is 0 Å². The molecule has 0 spiro atoms. The van der Waals surface area contributed by atoms with E-state index in [1.54, 1.807) is 7.05 Å². The summed E-state index contributed by atoms with van der Waals surface area (Å²) in [5.74, 6) is -0.499. The number of nitrogens with zero attached hydrogens (tertiary/aromatic N) is 1. The van der Waals surface area contributed by atoms with E-state index in [1.165, 1.54) is 49.8 Å². The Morgan fingerprint density at radius 2 is 1.50 bits per heavy atom. The van der Waals surface area contributed by atoms with Crippen LogP contribution in [0.5, 0.6) is 0 Å². The van der Waals surface area contributed by atoms with Crippen LogP contribution >= 0.6 is 0 Å². The van der Waals surface area contributed by atoms with Crippen molar-refractivity contribution in [1.82, 2.24) is 4.90 Å². The molecule has 0 aromatic carbocycles. The van der Waals surface area contributed by atoms with Gasteiger partial charge in [-0.2, -0.15) is 0 Å². The Bertz CT molecular complexity index is 294. The number of carbonyl (C=O) groups is 2. The summed E-state index contributed by atoms with van der Waals surface area (Å²) in [4.78, 5) is 24.5. The number of hydrogen-bond acceptors (Lipinski definition) is 4. The Morgan fingerprint density at radius 3 is 2.05 bits per heavy atom. The number of aliphatic hydroxyl groups is 1. The molecule has 22 heavy (non-hydrogen) atoms. The van der Waals surface area contributed by atoms with Gasteiger partial charge in [0.05, 0.1) is 6.61 Å². The van der Waals surface area contributed by atoms with Gasteiger partial charge in [-0.25, -0.2) is 0 Å². The van der Waals surface area contributed by atoms with E-state index in [4.69, 9.17) is 9.84 Å². The smallest absolute Gasteiger partial charge is 0.325 e. The average Bonchev–Trinajstić information content (AvgIpc) is 2.51. The fourth-order valence-electron chi connectivity index (χ4n) is 2.26. The Kier molecular flexibility index (Phi) is 14.1. The van der Waals surface area contributed by atoms with Gasteiger partial charge < -0.3 is 14.7 Å². The molecule has 0 heterocycles. The molecule has 0 saturated carbocycles. The summed E-state index contributed by atoms with van der Waals surface area (Å²) in [7, 11) is 1.61. The number of unbranched alkanes of at least 4 members (excludes halogenated alkanes) is 8. The third kappa shape index (κ3) is 12.6. The van der Waals surface area contributed by atoms with Crippen molar-refractivity contribution in [1.29, 1.82) is 0 Å². The van der Waals surface area contributed by atoms with Crippen LogP contribution in [0.3, 0.4) is 0 Å². The second-order valence-electron chi connectivity index (χ2n) is 5.77. The highest BCUT2D eigenvalue weighted by Gasteiger charge is 2.13. The van der Waals surface area contributed by atoms with Crippen LogP contribution in [0.1, 0.15) is 71.1 Å². The lowest BCUT2D eigenvalue weighted by atomic mass is 10.1. The fraction of sp³-hybridized carbons (Fsp3) is 0.882. The molecule has 0 fully saturated rings. The predicted octanol–water partition coefficient (Wildman–Crippen LogP) is 2.90. The molecule has 0 bridgehead atoms. The zero-order chi connectivity index (χ0) is 16.6. The largest absolute Gasteiger partial charge is 0.462 e. The van der Waals surface area contributed by atoms with Gasteiger partial charge in [-0.3, -0.25) is 9.59 Å². The van der Waals surface area contributed by atoms with Crippen LogP contribution in [-0.2, 0) is 14.3 Å². The SMILES string of the molecule is CCCCCCCCCCCC(=O)N(C)CC(=O)OCCO. The molecule has 0 aromatic heterocycles. The summed E-state index contributed by atoms with van der Waals surface area (Å²) in [6.07, 6.45) is 11.4.